The van der Waals surface area contributed by atoms with Gasteiger partial charge in [-0.2, -0.15) is 0 Å². The molecule has 0 spiro atoms. The molecule has 7 heteroatoms. The van der Waals surface area contributed by atoms with Crippen molar-refractivity contribution in [2.75, 3.05) is 30.8 Å². The van der Waals surface area contributed by atoms with Crippen molar-refractivity contribution < 1.29 is 9.59 Å². The number of fused-ring (bicyclic) bond motifs is 1. The fraction of sp³-hybridized carbons (Fsp3) is 0.391. The highest BCUT2D eigenvalue weighted by molar-refractivity contribution is 6.35. The van der Waals surface area contributed by atoms with Gasteiger partial charge in [-0.1, -0.05) is 11.6 Å². The summed E-state index contributed by atoms with van der Waals surface area (Å²) in [5.41, 5.74) is 6.81. The second-order valence-electron chi connectivity index (χ2n) is 8.40. The van der Waals surface area contributed by atoms with Crippen LogP contribution in [-0.2, 0) is 4.79 Å². The second-order valence-corrected chi connectivity index (χ2v) is 8.40. The molecule has 0 atom stereocenters. The van der Waals surface area contributed by atoms with Crippen molar-refractivity contribution in [1.82, 2.24) is 15.2 Å². The third-order valence-electron chi connectivity index (χ3n) is 6.02. The molecule has 1 aromatic carbocycles. The summed E-state index contributed by atoms with van der Waals surface area (Å²) in [7, 11) is 2.10. The van der Waals surface area contributed by atoms with E-state index in [1.807, 2.05) is 45.0 Å². The molecule has 1 aromatic heterocycles. The van der Waals surface area contributed by atoms with Gasteiger partial charge in [-0.15, -0.1) is 0 Å². The highest BCUT2D eigenvalue weighted by Crippen LogP contribution is 2.35. The maximum Gasteiger partial charge on any atom is 0.319 e. The Bertz CT molecular complexity index is 1030. The number of hydrogen-bond acceptors (Lipinski definition) is 3. The lowest BCUT2D eigenvalue weighted by Crippen LogP contribution is -2.44. The number of piperidine rings is 1. The van der Waals surface area contributed by atoms with Crippen LogP contribution in [0.25, 0.3) is 11.6 Å². The van der Waals surface area contributed by atoms with Crippen LogP contribution in [0.1, 0.15) is 40.9 Å². The molecule has 0 bridgehead atoms. The SMILES string of the molecule is Cc1ccc2c(c1)/C(=C/c1[nH]c(C)c(NC(=O)NC3CCN(C)CC3)c1C)C(=O)N2. The summed E-state index contributed by atoms with van der Waals surface area (Å²) in [6.07, 6.45) is 3.78. The van der Waals surface area contributed by atoms with Gasteiger partial charge in [-0.25, -0.2) is 4.79 Å². The highest BCUT2D eigenvalue weighted by atomic mass is 16.2. The summed E-state index contributed by atoms with van der Waals surface area (Å²) < 4.78 is 0. The number of amides is 3. The van der Waals surface area contributed by atoms with Crippen LogP contribution in [0.5, 0.6) is 0 Å². The van der Waals surface area contributed by atoms with Crippen molar-refractivity contribution in [3.63, 3.8) is 0 Å². The molecule has 158 valence electrons. The number of nitrogens with zero attached hydrogens (tertiary/aromatic N) is 1. The zero-order valence-electron chi connectivity index (χ0n) is 18.0. The third kappa shape index (κ3) is 3.98. The molecular formula is C23H29N5O2. The Labute approximate surface area is 176 Å². The predicted molar refractivity (Wildman–Crippen MR) is 121 cm³/mol. The van der Waals surface area contributed by atoms with Gasteiger partial charge in [0, 0.05) is 28.7 Å². The summed E-state index contributed by atoms with van der Waals surface area (Å²) in [6.45, 7) is 7.87. The molecule has 30 heavy (non-hydrogen) atoms. The Hall–Kier alpha value is -3.06. The molecule has 2 aliphatic rings. The number of benzene rings is 1. The van der Waals surface area contributed by atoms with Crippen molar-refractivity contribution in [2.24, 2.45) is 0 Å². The molecule has 2 aliphatic heterocycles. The van der Waals surface area contributed by atoms with Crippen LogP contribution in [0, 0.1) is 20.8 Å². The van der Waals surface area contributed by atoms with E-state index in [9.17, 15) is 9.59 Å². The molecule has 4 rings (SSSR count). The number of anilines is 2. The van der Waals surface area contributed by atoms with Gasteiger partial charge in [0.2, 0.25) is 0 Å². The number of rotatable bonds is 3. The number of urea groups is 1. The zero-order valence-corrected chi connectivity index (χ0v) is 18.0. The number of H-pyrrole nitrogens is 1. The highest BCUT2D eigenvalue weighted by Gasteiger charge is 2.25. The van der Waals surface area contributed by atoms with Gasteiger partial charge >= 0.3 is 6.03 Å². The Balaban J connectivity index is 1.53. The molecule has 0 aliphatic carbocycles. The molecule has 1 fully saturated rings. The predicted octanol–water partition coefficient (Wildman–Crippen LogP) is 3.65. The second kappa shape index (κ2) is 7.99. The molecule has 7 nitrogen and oxygen atoms in total. The maximum atomic E-state index is 12.5. The van der Waals surface area contributed by atoms with Gasteiger partial charge < -0.3 is 25.8 Å². The summed E-state index contributed by atoms with van der Waals surface area (Å²) in [6, 6.07) is 5.93. The lowest BCUT2D eigenvalue weighted by molar-refractivity contribution is -0.110. The first-order chi connectivity index (χ1) is 14.3. The molecular weight excluding hydrogens is 378 g/mol. The number of aromatic amines is 1. The minimum atomic E-state index is -0.187. The van der Waals surface area contributed by atoms with E-state index in [1.54, 1.807) is 0 Å². The standard InChI is InChI=1S/C23H29N5O2/c1-13-5-6-19-17(11-13)18(22(29)26-19)12-20-14(2)21(15(3)24-20)27-23(30)25-16-7-9-28(4)10-8-16/h5-6,11-12,16,24H,7-10H2,1-4H3,(H,26,29)(H2,25,27,30)/b18-12-. The van der Waals surface area contributed by atoms with Crippen molar-refractivity contribution in [2.45, 2.75) is 39.7 Å². The number of carbonyl (C=O) groups is 2. The van der Waals surface area contributed by atoms with Crippen molar-refractivity contribution >= 4 is 35.0 Å². The zero-order chi connectivity index (χ0) is 21.4. The van der Waals surface area contributed by atoms with Crippen LogP contribution in [0.3, 0.4) is 0 Å². The summed E-state index contributed by atoms with van der Waals surface area (Å²) in [5.74, 6) is -0.114. The number of aromatic nitrogens is 1. The van der Waals surface area contributed by atoms with E-state index in [2.05, 4.69) is 32.9 Å². The first kappa shape index (κ1) is 20.2. The minimum Gasteiger partial charge on any atom is -0.357 e. The fourth-order valence-corrected chi connectivity index (χ4v) is 4.18. The largest absolute Gasteiger partial charge is 0.357 e. The van der Waals surface area contributed by atoms with Crippen LogP contribution in [0.15, 0.2) is 18.2 Å². The van der Waals surface area contributed by atoms with Crippen molar-refractivity contribution in [3.8, 4) is 0 Å². The molecule has 3 heterocycles. The topological polar surface area (TPSA) is 89.3 Å². The molecule has 3 amide bonds. The van der Waals surface area contributed by atoms with Gasteiger partial charge in [0.15, 0.2) is 0 Å². The number of nitrogens with one attached hydrogen (secondary N) is 4. The van der Waals surface area contributed by atoms with Crippen LogP contribution in [0.4, 0.5) is 16.2 Å². The monoisotopic (exact) mass is 407 g/mol. The van der Waals surface area contributed by atoms with E-state index < -0.39 is 0 Å². The Kier molecular flexibility index (Phi) is 5.39. The number of carbonyl (C=O) groups excluding carboxylic acids is 2. The van der Waals surface area contributed by atoms with E-state index in [-0.39, 0.29) is 18.0 Å². The maximum absolute atomic E-state index is 12.5. The number of hydrogen-bond donors (Lipinski definition) is 4. The number of aryl methyl sites for hydroxylation is 2. The third-order valence-corrected chi connectivity index (χ3v) is 6.02. The van der Waals surface area contributed by atoms with Crippen molar-refractivity contribution in [1.29, 1.82) is 0 Å². The lowest BCUT2D eigenvalue weighted by Gasteiger charge is -2.29. The summed E-state index contributed by atoms with van der Waals surface area (Å²) in [5, 5.41) is 8.99. The smallest absolute Gasteiger partial charge is 0.319 e. The summed E-state index contributed by atoms with van der Waals surface area (Å²) >= 11 is 0. The molecule has 1 saturated heterocycles. The normalized spacial score (nSPS) is 18.4. The van der Waals surface area contributed by atoms with Gasteiger partial charge in [-0.05, 0) is 77.5 Å². The van der Waals surface area contributed by atoms with E-state index in [4.69, 9.17) is 0 Å². The number of likely N-dealkylation sites (tertiary alicyclic amines) is 1. The van der Waals surface area contributed by atoms with Gasteiger partial charge in [-0.3, -0.25) is 4.79 Å². The quantitative estimate of drug-likeness (QED) is 0.586. The molecule has 0 unspecified atom stereocenters. The van der Waals surface area contributed by atoms with E-state index >= 15 is 0 Å². The van der Waals surface area contributed by atoms with E-state index in [1.165, 1.54) is 0 Å². The Morgan fingerprint density at radius 3 is 2.67 bits per heavy atom. The first-order valence-corrected chi connectivity index (χ1v) is 10.4. The minimum absolute atomic E-state index is 0.114. The lowest BCUT2D eigenvalue weighted by atomic mass is 10.0. The average Bonchev–Trinajstić information content (AvgIpc) is 3.14. The average molecular weight is 408 g/mol. The van der Waals surface area contributed by atoms with E-state index in [0.29, 0.717) is 5.57 Å². The van der Waals surface area contributed by atoms with Crippen LogP contribution in [-0.4, -0.2) is 48.0 Å². The van der Waals surface area contributed by atoms with Crippen molar-refractivity contribution in [3.05, 3.63) is 46.3 Å². The Morgan fingerprint density at radius 1 is 1.20 bits per heavy atom. The first-order valence-electron chi connectivity index (χ1n) is 10.4. The Morgan fingerprint density at radius 2 is 1.93 bits per heavy atom. The van der Waals surface area contributed by atoms with E-state index in [0.717, 1.165) is 65.4 Å². The molecule has 2 aromatic rings. The van der Waals surface area contributed by atoms with Crippen LogP contribution >= 0.6 is 0 Å². The van der Waals surface area contributed by atoms with Gasteiger partial charge in [0.1, 0.15) is 0 Å². The molecule has 0 radical (unpaired) electrons. The van der Waals surface area contributed by atoms with Gasteiger partial charge in [0.05, 0.1) is 11.3 Å². The van der Waals surface area contributed by atoms with Crippen LogP contribution < -0.4 is 16.0 Å². The van der Waals surface area contributed by atoms with Crippen LogP contribution in [0.2, 0.25) is 0 Å². The summed E-state index contributed by atoms with van der Waals surface area (Å²) in [4.78, 5) is 30.6. The van der Waals surface area contributed by atoms with Gasteiger partial charge in [0.25, 0.3) is 5.91 Å². The molecule has 4 N–H and O–H groups in total. The molecule has 0 saturated carbocycles. The fourth-order valence-electron chi connectivity index (χ4n) is 4.18.